The molecule has 0 radical (unpaired) electrons. The van der Waals surface area contributed by atoms with Crippen LogP contribution in [0.4, 0.5) is 0 Å². The second-order valence-corrected chi connectivity index (χ2v) is 6.58. The number of hydrogen-bond acceptors (Lipinski definition) is 2. The molecule has 0 saturated heterocycles. The van der Waals surface area contributed by atoms with Gasteiger partial charge in [0.1, 0.15) is 0 Å². The Labute approximate surface area is 167 Å². The predicted octanol–water partition coefficient (Wildman–Crippen LogP) is 5.34. The molecule has 4 heteroatoms. The Bertz CT molecular complexity index is 225. The smallest absolute Gasteiger partial charge is 0.316 e. The molecule has 0 unspecified atom stereocenters. The molecule has 0 aromatic carbocycles. The summed E-state index contributed by atoms with van der Waals surface area (Å²) in [6.07, 6.45) is 20.9. The molecule has 0 aliphatic carbocycles. The zero-order valence-corrected chi connectivity index (χ0v) is 16.1. The molecule has 22 heavy (non-hydrogen) atoms. The number of carbonyl (C=O) groups is 1. The van der Waals surface area contributed by atoms with E-state index in [1.165, 1.54) is 89.9 Å². The zero-order chi connectivity index (χ0) is 15.6. The van der Waals surface area contributed by atoms with Crippen LogP contribution >= 0.6 is 0 Å². The number of unbranched alkanes of at least 4 members (excludes halogenated alkanes) is 14. The van der Waals surface area contributed by atoms with Gasteiger partial charge in [-0.1, -0.05) is 45.4 Å². The molecule has 0 rings (SSSR count). The third-order valence-electron chi connectivity index (χ3n) is 4.05. The van der Waals surface area contributed by atoms with Crippen LogP contribution < -0.4 is 0 Å². The Hall–Kier alpha value is 0.976. The molecule has 2 nitrogen and oxygen atoms in total. The first kappa shape index (κ1) is 25.2. The quantitative estimate of drug-likeness (QED) is 0.209. The van der Waals surface area contributed by atoms with Crippen molar-refractivity contribution in [2.75, 3.05) is 0 Å². The van der Waals surface area contributed by atoms with Crippen molar-refractivity contribution in [1.29, 1.82) is 0 Å². The van der Waals surface area contributed by atoms with Gasteiger partial charge >= 0.3 is 123 Å². The SMILES string of the molecule is CCCCCCCCCCCCCCCCCC(=O)[O][Au].[MgH2]. The van der Waals surface area contributed by atoms with Crippen molar-refractivity contribution < 1.29 is 29.5 Å². The van der Waals surface area contributed by atoms with E-state index in [0.717, 1.165) is 6.42 Å². The van der Waals surface area contributed by atoms with Crippen LogP contribution in [0.1, 0.15) is 110 Å². The standard InChI is InChI=1S/C18H36O2.Au.Mg.2H/c1-2-3-4-5-6-7-8-9-10-11-12-13-14-15-16-17-18(19)20;;;;/h2-17H2,1H3,(H,19,20);;;;/q;+1;;;/p-1. The van der Waals surface area contributed by atoms with Crippen molar-refractivity contribution in [1.82, 2.24) is 0 Å². The maximum Gasteiger partial charge on any atom is 0.316 e. The molecule has 0 aliphatic rings. The van der Waals surface area contributed by atoms with Gasteiger partial charge in [-0.3, -0.25) is 0 Å². The van der Waals surface area contributed by atoms with Crippen molar-refractivity contribution in [2.24, 2.45) is 0 Å². The summed E-state index contributed by atoms with van der Waals surface area (Å²) >= 11 is 1.83. The third-order valence-corrected chi connectivity index (χ3v) is 4.55. The van der Waals surface area contributed by atoms with Gasteiger partial charge in [-0.25, -0.2) is 0 Å². The van der Waals surface area contributed by atoms with E-state index >= 15 is 0 Å². The summed E-state index contributed by atoms with van der Waals surface area (Å²) in [5, 5.41) is 0. The van der Waals surface area contributed by atoms with E-state index in [-0.39, 0.29) is 29.0 Å². The van der Waals surface area contributed by atoms with Gasteiger partial charge in [0.25, 0.3) is 0 Å². The molecule has 0 fully saturated rings. The van der Waals surface area contributed by atoms with Gasteiger partial charge in [0.2, 0.25) is 0 Å². The van der Waals surface area contributed by atoms with Crippen molar-refractivity contribution >= 4 is 29.0 Å². The topological polar surface area (TPSA) is 26.3 Å². The molecule has 0 atom stereocenters. The minimum Gasteiger partial charge on any atom is 0.316 e. The first-order valence-electron chi connectivity index (χ1n) is 9.09. The van der Waals surface area contributed by atoms with E-state index in [2.05, 4.69) is 10.2 Å². The van der Waals surface area contributed by atoms with Crippen LogP contribution in [-0.4, -0.2) is 29.0 Å². The monoisotopic (exact) mass is 506 g/mol. The molecule has 0 aliphatic heterocycles. The average molecular weight is 507 g/mol. The Kier molecular flexibility index (Phi) is 25.2. The molecular weight excluding hydrogens is 469 g/mol. The van der Waals surface area contributed by atoms with E-state index < -0.39 is 0 Å². The van der Waals surface area contributed by atoms with Crippen molar-refractivity contribution in [3.8, 4) is 0 Å². The summed E-state index contributed by atoms with van der Waals surface area (Å²) < 4.78 is 4.57. The summed E-state index contributed by atoms with van der Waals surface area (Å²) in [6.45, 7) is 2.28. The molecule has 134 valence electrons. The Morgan fingerprint density at radius 2 is 1.00 bits per heavy atom. The van der Waals surface area contributed by atoms with Gasteiger partial charge in [0.15, 0.2) is 0 Å². The van der Waals surface area contributed by atoms with Crippen molar-refractivity contribution in [3.63, 3.8) is 0 Å². The Morgan fingerprint density at radius 1 is 0.682 bits per heavy atom. The largest absolute Gasteiger partial charge is 0.316 e. The first-order valence-corrected chi connectivity index (χ1v) is 9.98. The molecule has 0 N–H and O–H groups in total. The second-order valence-electron chi connectivity index (χ2n) is 6.13. The van der Waals surface area contributed by atoms with Gasteiger partial charge in [-0.15, -0.1) is 0 Å². The van der Waals surface area contributed by atoms with Crippen LogP contribution in [0.2, 0.25) is 0 Å². The summed E-state index contributed by atoms with van der Waals surface area (Å²) in [5.74, 6) is -0.0898. The maximum absolute atomic E-state index is 10.9. The Balaban J connectivity index is 0. The number of rotatable bonds is 16. The van der Waals surface area contributed by atoms with Crippen molar-refractivity contribution in [2.45, 2.75) is 110 Å². The molecular formula is C18H37AuMgO2. The number of carbonyl (C=O) groups excluding carboxylic acids is 1. The van der Waals surface area contributed by atoms with Gasteiger partial charge in [0, 0.05) is 0 Å². The summed E-state index contributed by atoms with van der Waals surface area (Å²) in [5.41, 5.74) is 0. The predicted molar refractivity (Wildman–Crippen MR) is 94.2 cm³/mol. The van der Waals surface area contributed by atoms with Crippen LogP contribution in [0, 0.1) is 0 Å². The van der Waals surface area contributed by atoms with Gasteiger partial charge in [-0.2, -0.15) is 0 Å². The molecule has 0 saturated carbocycles. The van der Waals surface area contributed by atoms with E-state index in [4.69, 9.17) is 0 Å². The summed E-state index contributed by atoms with van der Waals surface area (Å²) in [7, 11) is 0. The third kappa shape index (κ3) is 21.0. The minimum absolute atomic E-state index is 0. The normalized spacial score (nSPS) is 10.3. The van der Waals surface area contributed by atoms with Gasteiger partial charge < -0.3 is 0 Å². The van der Waals surface area contributed by atoms with Gasteiger partial charge in [0.05, 0.1) is 0 Å². The molecule has 0 bridgehead atoms. The van der Waals surface area contributed by atoms with E-state index in [1.54, 1.807) is 0 Å². The fourth-order valence-corrected chi connectivity index (χ4v) is 2.89. The van der Waals surface area contributed by atoms with Crippen LogP contribution in [0.25, 0.3) is 0 Å². The molecule has 0 aromatic heterocycles. The maximum atomic E-state index is 10.9. The summed E-state index contributed by atoms with van der Waals surface area (Å²) in [4.78, 5) is 10.9. The van der Waals surface area contributed by atoms with Gasteiger partial charge in [-0.05, 0) is 0 Å². The van der Waals surface area contributed by atoms with Crippen LogP contribution in [0.15, 0.2) is 0 Å². The minimum atomic E-state index is -0.0898. The fraction of sp³-hybridized carbons (Fsp3) is 0.944. The first-order chi connectivity index (χ1) is 10.3. The summed E-state index contributed by atoms with van der Waals surface area (Å²) in [6, 6.07) is 0. The molecule has 0 heterocycles. The van der Waals surface area contributed by atoms with E-state index in [0.29, 0.717) is 6.42 Å². The molecule has 0 amide bonds. The van der Waals surface area contributed by atoms with Crippen LogP contribution in [0.5, 0.6) is 0 Å². The molecule has 0 spiro atoms. The van der Waals surface area contributed by atoms with Crippen LogP contribution in [0.3, 0.4) is 0 Å². The van der Waals surface area contributed by atoms with Crippen molar-refractivity contribution in [3.05, 3.63) is 0 Å². The van der Waals surface area contributed by atoms with Crippen LogP contribution in [-0.2, 0) is 29.5 Å². The second kappa shape index (κ2) is 22.0. The average Bonchev–Trinajstić information content (AvgIpc) is 2.50. The fourth-order valence-electron chi connectivity index (χ4n) is 2.67. The molecule has 0 aromatic rings. The Morgan fingerprint density at radius 3 is 1.32 bits per heavy atom. The van der Waals surface area contributed by atoms with E-state index in [9.17, 15) is 4.79 Å². The zero-order valence-electron chi connectivity index (χ0n) is 13.9. The van der Waals surface area contributed by atoms with E-state index in [1.807, 2.05) is 21.5 Å². The number of hydrogen-bond donors (Lipinski definition) is 0.